The first kappa shape index (κ1) is 10.1. The summed E-state index contributed by atoms with van der Waals surface area (Å²) in [7, 11) is 1.64. The Morgan fingerprint density at radius 3 is 3.00 bits per heavy atom. The van der Waals surface area contributed by atoms with E-state index in [1.807, 2.05) is 12.1 Å². The van der Waals surface area contributed by atoms with E-state index in [0.29, 0.717) is 13.4 Å². The molecule has 16 heavy (non-hydrogen) atoms. The Labute approximate surface area is 95.3 Å². The van der Waals surface area contributed by atoms with Gasteiger partial charge in [-0.3, -0.25) is 0 Å². The van der Waals surface area contributed by atoms with Crippen LogP contribution >= 0.6 is 0 Å². The number of benzene rings is 1. The molecule has 1 aliphatic heterocycles. The Kier molecular flexibility index (Phi) is 2.37. The largest absolute Gasteiger partial charge is 0.467 e. The minimum Gasteiger partial charge on any atom is -0.467 e. The summed E-state index contributed by atoms with van der Waals surface area (Å²) >= 11 is 0. The Balaban J connectivity index is 1.99. The maximum Gasteiger partial charge on any atom is 0.188 e. The Bertz CT molecular complexity index is 396. The van der Waals surface area contributed by atoms with Gasteiger partial charge in [-0.1, -0.05) is 12.1 Å². The number of hydrogen-bond acceptors (Lipinski definition) is 3. The molecule has 0 radical (unpaired) electrons. The van der Waals surface area contributed by atoms with E-state index in [9.17, 15) is 0 Å². The fourth-order valence-corrected chi connectivity index (χ4v) is 2.52. The van der Waals surface area contributed by atoms with Crippen LogP contribution in [0.2, 0.25) is 0 Å². The van der Waals surface area contributed by atoms with Crippen molar-refractivity contribution in [3.05, 3.63) is 29.3 Å². The molecule has 0 bridgehead atoms. The lowest BCUT2D eigenvalue weighted by molar-refractivity contribution is 0.0452. The molecule has 86 valence electrons. The lowest BCUT2D eigenvalue weighted by atomic mass is 9.89. The predicted molar refractivity (Wildman–Crippen MR) is 59.5 cm³/mol. The van der Waals surface area contributed by atoms with Gasteiger partial charge in [0.2, 0.25) is 0 Å². The molecule has 1 saturated carbocycles. The van der Waals surface area contributed by atoms with Crippen LogP contribution in [0.1, 0.15) is 24.0 Å². The van der Waals surface area contributed by atoms with Crippen LogP contribution in [0.5, 0.6) is 5.75 Å². The van der Waals surface area contributed by atoms with Crippen LogP contribution in [0.3, 0.4) is 0 Å². The predicted octanol–water partition coefficient (Wildman–Crippen LogP) is 2.23. The van der Waals surface area contributed by atoms with Gasteiger partial charge in [-0.2, -0.15) is 0 Å². The highest BCUT2D eigenvalue weighted by molar-refractivity contribution is 5.49. The Hall–Kier alpha value is -1.06. The first-order chi connectivity index (χ1) is 7.86. The Morgan fingerprint density at radius 2 is 2.25 bits per heavy atom. The van der Waals surface area contributed by atoms with E-state index < -0.39 is 0 Å². The standard InChI is InChI=1S/C13H16O3/c1-14-9-16-11-4-2-3-10-7-15-8-13(5-6-13)12(10)11/h2-4H,5-9H2,1H3. The summed E-state index contributed by atoms with van der Waals surface area (Å²) in [6.07, 6.45) is 2.43. The van der Waals surface area contributed by atoms with Crippen LogP contribution in [-0.2, 0) is 21.5 Å². The van der Waals surface area contributed by atoms with E-state index in [0.717, 1.165) is 12.4 Å². The lowest BCUT2D eigenvalue weighted by Crippen LogP contribution is -2.24. The normalized spacial score (nSPS) is 20.6. The van der Waals surface area contributed by atoms with Gasteiger partial charge in [-0.25, -0.2) is 0 Å². The van der Waals surface area contributed by atoms with Crippen molar-refractivity contribution in [1.29, 1.82) is 0 Å². The molecule has 0 saturated heterocycles. The molecular formula is C13H16O3. The second-order valence-electron chi connectivity index (χ2n) is 4.61. The number of rotatable bonds is 3. The second-order valence-corrected chi connectivity index (χ2v) is 4.61. The summed E-state index contributed by atoms with van der Waals surface area (Å²) in [6.45, 7) is 1.86. The maximum absolute atomic E-state index is 5.65. The molecule has 1 aliphatic carbocycles. The number of ether oxygens (including phenoxy) is 3. The average Bonchev–Trinajstić information content (AvgIpc) is 3.07. The molecule has 1 aromatic rings. The molecule has 1 heterocycles. The molecule has 0 N–H and O–H groups in total. The number of hydrogen-bond donors (Lipinski definition) is 0. The van der Waals surface area contributed by atoms with Crippen LogP contribution < -0.4 is 4.74 Å². The minimum atomic E-state index is 0.248. The first-order valence-electron chi connectivity index (χ1n) is 5.68. The van der Waals surface area contributed by atoms with Gasteiger partial charge in [0.25, 0.3) is 0 Å². The van der Waals surface area contributed by atoms with Gasteiger partial charge in [-0.15, -0.1) is 0 Å². The zero-order chi connectivity index (χ0) is 11.0. The molecule has 0 aromatic heterocycles. The summed E-state index contributed by atoms with van der Waals surface area (Å²) in [5.41, 5.74) is 2.88. The average molecular weight is 220 g/mol. The first-order valence-corrected chi connectivity index (χ1v) is 5.68. The van der Waals surface area contributed by atoms with Crippen molar-refractivity contribution in [2.45, 2.75) is 24.9 Å². The van der Waals surface area contributed by atoms with Crippen molar-refractivity contribution in [3.63, 3.8) is 0 Å². The molecule has 1 spiro atoms. The topological polar surface area (TPSA) is 27.7 Å². The van der Waals surface area contributed by atoms with E-state index in [1.54, 1.807) is 7.11 Å². The van der Waals surface area contributed by atoms with Crippen molar-refractivity contribution < 1.29 is 14.2 Å². The quantitative estimate of drug-likeness (QED) is 0.731. The highest BCUT2D eigenvalue weighted by Crippen LogP contribution is 2.54. The zero-order valence-electron chi connectivity index (χ0n) is 9.49. The van der Waals surface area contributed by atoms with E-state index >= 15 is 0 Å². The van der Waals surface area contributed by atoms with E-state index in [4.69, 9.17) is 14.2 Å². The third kappa shape index (κ3) is 1.51. The van der Waals surface area contributed by atoms with Gasteiger partial charge in [-0.05, 0) is 24.5 Å². The van der Waals surface area contributed by atoms with Gasteiger partial charge >= 0.3 is 0 Å². The van der Waals surface area contributed by atoms with E-state index in [1.165, 1.54) is 24.0 Å². The van der Waals surface area contributed by atoms with Crippen molar-refractivity contribution >= 4 is 0 Å². The van der Waals surface area contributed by atoms with Crippen LogP contribution in [-0.4, -0.2) is 20.5 Å². The van der Waals surface area contributed by atoms with Crippen LogP contribution in [0, 0.1) is 0 Å². The summed E-state index contributed by atoms with van der Waals surface area (Å²) in [4.78, 5) is 0. The molecule has 3 nitrogen and oxygen atoms in total. The molecule has 3 rings (SSSR count). The molecule has 1 fully saturated rings. The molecule has 1 aromatic carbocycles. The number of fused-ring (bicyclic) bond motifs is 2. The summed E-state index contributed by atoms with van der Waals surface area (Å²) in [6, 6.07) is 6.19. The van der Waals surface area contributed by atoms with Crippen molar-refractivity contribution in [1.82, 2.24) is 0 Å². The fourth-order valence-electron chi connectivity index (χ4n) is 2.52. The molecule has 0 amide bonds. The van der Waals surface area contributed by atoms with Crippen molar-refractivity contribution in [2.24, 2.45) is 0 Å². The summed E-state index contributed by atoms with van der Waals surface area (Å²) < 4.78 is 16.3. The monoisotopic (exact) mass is 220 g/mol. The fraction of sp³-hybridized carbons (Fsp3) is 0.538. The second kappa shape index (κ2) is 3.75. The van der Waals surface area contributed by atoms with Gasteiger partial charge in [0, 0.05) is 18.1 Å². The summed E-state index contributed by atoms with van der Waals surface area (Å²) in [5.74, 6) is 0.972. The maximum atomic E-state index is 5.65. The zero-order valence-corrected chi connectivity index (χ0v) is 9.49. The smallest absolute Gasteiger partial charge is 0.188 e. The van der Waals surface area contributed by atoms with E-state index in [2.05, 4.69) is 6.07 Å². The van der Waals surface area contributed by atoms with Crippen LogP contribution in [0.4, 0.5) is 0 Å². The number of methoxy groups -OCH3 is 1. The van der Waals surface area contributed by atoms with Crippen LogP contribution in [0.15, 0.2) is 18.2 Å². The molecule has 3 heteroatoms. The van der Waals surface area contributed by atoms with Gasteiger partial charge < -0.3 is 14.2 Å². The third-order valence-corrected chi connectivity index (χ3v) is 3.46. The van der Waals surface area contributed by atoms with Crippen LogP contribution in [0.25, 0.3) is 0 Å². The minimum absolute atomic E-state index is 0.248. The highest BCUT2D eigenvalue weighted by Gasteiger charge is 2.49. The third-order valence-electron chi connectivity index (χ3n) is 3.46. The highest BCUT2D eigenvalue weighted by atomic mass is 16.7. The van der Waals surface area contributed by atoms with Gasteiger partial charge in [0.05, 0.1) is 13.2 Å². The van der Waals surface area contributed by atoms with E-state index in [-0.39, 0.29) is 5.41 Å². The SMILES string of the molecule is COCOc1cccc2c1C1(CC1)COC2. The lowest BCUT2D eigenvalue weighted by Gasteiger charge is -2.27. The van der Waals surface area contributed by atoms with Gasteiger partial charge in [0.15, 0.2) is 6.79 Å². The molecule has 0 unspecified atom stereocenters. The van der Waals surface area contributed by atoms with Crippen molar-refractivity contribution in [2.75, 3.05) is 20.5 Å². The van der Waals surface area contributed by atoms with Gasteiger partial charge in [0.1, 0.15) is 5.75 Å². The molecule has 2 aliphatic rings. The molecule has 0 atom stereocenters. The Morgan fingerprint density at radius 1 is 1.38 bits per heavy atom. The molecular weight excluding hydrogens is 204 g/mol. The summed E-state index contributed by atoms with van der Waals surface area (Å²) in [5, 5.41) is 0. The van der Waals surface area contributed by atoms with Crippen molar-refractivity contribution in [3.8, 4) is 5.75 Å².